The zero-order valence-electron chi connectivity index (χ0n) is 15.5. The molecule has 0 aliphatic carbocycles. The van der Waals surface area contributed by atoms with Gasteiger partial charge in [0.2, 0.25) is 0 Å². The van der Waals surface area contributed by atoms with E-state index in [1.165, 1.54) is 42.5 Å². The number of amides is 1. The molecule has 1 amide bonds. The lowest BCUT2D eigenvalue weighted by molar-refractivity contribution is -0.118. The highest BCUT2D eigenvalue weighted by Gasteiger charge is 2.15. The lowest BCUT2D eigenvalue weighted by Crippen LogP contribution is -2.21. The first-order valence-corrected chi connectivity index (χ1v) is 10.8. The number of rotatable bonds is 7. The second kappa shape index (κ2) is 9.51. The second-order valence-corrected chi connectivity index (χ2v) is 8.75. The summed E-state index contributed by atoms with van der Waals surface area (Å²) in [5.41, 5.74) is 0.00570. The first-order valence-electron chi connectivity index (χ1n) is 8.59. The Hall–Kier alpha value is -2.88. The van der Waals surface area contributed by atoms with E-state index in [0.717, 1.165) is 12.1 Å². The van der Waals surface area contributed by atoms with Gasteiger partial charge in [0.05, 0.1) is 16.3 Å². The van der Waals surface area contributed by atoms with Crippen LogP contribution in [0.5, 0.6) is 5.75 Å². The summed E-state index contributed by atoms with van der Waals surface area (Å²) in [6.45, 7) is -0.470. The fourth-order valence-corrected chi connectivity index (χ4v) is 4.03. The molecule has 0 bridgehead atoms. The standard InChI is InChI=1S/C20H14Cl2F2N2O4S/c21-12-7-13(22)9-15(8-12)26-31(28,29)17-4-2-16(3-5-17)30-11-20(27)25-19-6-1-14(23)10-18(19)24/h1-10,26H,11H2,(H,25,27). The van der Waals surface area contributed by atoms with Crippen LogP contribution in [0.3, 0.4) is 0 Å². The number of anilines is 2. The first-order chi connectivity index (χ1) is 14.6. The summed E-state index contributed by atoms with van der Waals surface area (Å²) < 4.78 is 59.1. The maximum atomic E-state index is 13.6. The van der Waals surface area contributed by atoms with Crippen molar-refractivity contribution in [2.24, 2.45) is 0 Å². The number of sulfonamides is 1. The minimum atomic E-state index is -3.92. The van der Waals surface area contributed by atoms with Gasteiger partial charge in [-0.3, -0.25) is 9.52 Å². The molecule has 3 rings (SSSR count). The summed E-state index contributed by atoms with van der Waals surface area (Å²) in [5.74, 6) is -2.16. The van der Waals surface area contributed by atoms with Crippen LogP contribution >= 0.6 is 23.2 Å². The molecule has 0 spiro atoms. The monoisotopic (exact) mass is 486 g/mol. The number of carbonyl (C=O) groups is 1. The molecule has 31 heavy (non-hydrogen) atoms. The highest BCUT2D eigenvalue weighted by Crippen LogP contribution is 2.25. The Kier molecular flexibility index (Phi) is 6.99. The zero-order valence-corrected chi connectivity index (χ0v) is 17.9. The molecule has 0 aromatic heterocycles. The lowest BCUT2D eigenvalue weighted by Gasteiger charge is -2.11. The Balaban J connectivity index is 1.61. The first kappa shape index (κ1) is 22.8. The third kappa shape index (κ3) is 6.30. The Morgan fingerprint density at radius 1 is 0.935 bits per heavy atom. The zero-order chi connectivity index (χ0) is 22.6. The molecular weight excluding hydrogens is 473 g/mol. The largest absolute Gasteiger partial charge is 0.484 e. The van der Waals surface area contributed by atoms with E-state index in [1.54, 1.807) is 0 Å². The van der Waals surface area contributed by atoms with Gasteiger partial charge in [0.25, 0.3) is 15.9 Å². The van der Waals surface area contributed by atoms with Gasteiger partial charge in [-0.1, -0.05) is 23.2 Å². The van der Waals surface area contributed by atoms with Crippen LogP contribution in [0.15, 0.2) is 65.6 Å². The summed E-state index contributed by atoms with van der Waals surface area (Å²) in [5, 5.41) is 2.79. The molecule has 0 radical (unpaired) electrons. The molecule has 0 heterocycles. The van der Waals surface area contributed by atoms with Crippen molar-refractivity contribution in [2.45, 2.75) is 4.90 Å². The minimum Gasteiger partial charge on any atom is -0.484 e. The number of ether oxygens (including phenoxy) is 1. The minimum absolute atomic E-state index is 0.0613. The van der Waals surface area contributed by atoms with Crippen molar-refractivity contribution in [1.82, 2.24) is 0 Å². The topological polar surface area (TPSA) is 84.5 Å². The summed E-state index contributed by atoms with van der Waals surface area (Å²) in [7, 11) is -3.92. The Bertz CT molecular complexity index is 1200. The van der Waals surface area contributed by atoms with Gasteiger partial charge >= 0.3 is 0 Å². The summed E-state index contributed by atoms with van der Waals surface area (Å²) in [6, 6.07) is 12.3. The molecule has 0 atom stereocenters. The van der Waals surface area contributed by atoms with Gasteiger partial charge in [0, 0.05) is 16.1 Å². The van der Waals surface area contributed by atoms with Crippen LogP contribution in [-0.4, -0.2) is 20.9 Å². The number of hydrogen-bond donors (Lipinski definition) is 2. The molecule has 11 heteroatoms. The highest BCUT2D eigenvalue weighted by atomic mass is 35.5. The van der Waals surface area contributed by atoms with Crippen molar-refractivity contribution in [1.29, 1.82) is 0 Å². The van der Waals surface area contributed by atoms with E-state index in [-0.39, 0.29) is 32.1 Å². The van der Waals surface area contributed by atoms with Crippen molar-refractivity contribution in [3.05, 3.63) is 82.3 Å². The molecule has 3 aromatic carbocycles. The molecule has 2 N–H and O–H groups in total. The smallest absolute Gasteiger partial charge is 0.262 e. The molecular formula is C20H14Cl2F2N2O4S. The van der Waals surface area contributed by atoms with Gasteiger partial charge in [-0.2, -0.15) is 0 Å². The molecule has 3 aromatic rings. The van der Waals surface area contributed by atoms with Gasteiger partial charge < -0.3 is 10.1 Å². The number of halogens is 4. The maximum Gasteiger partial charge on any atom is 0.262 e. The van der Waals surface area contributed by atoms with Crippen molar-refractivity contribution in [2.75, 3.05) is 16.6 Å². The Morgan fingerprint density at radius 2 is 1.58 bits per heavy atom. The van der Waals surface area contributed by atoms with Crippen LogP contribution in [-0.2, 0) is 14.8 Å². The van der Waals surface area contributed by atoms with Crippen LogP contribution in [0.1, 0.15) is 0 Å². The van der Waals surface area contributed by atoms with Crippen molar-refractivity contribution in [3.8, 4) is 5.75 Å². The summed E-state index contributed by atoms with van der Waals surface area (Å²) in [6.07, 6.45) is 0. The Labute approximate surface area is 186 Å². The summed E-state index contributed by atoms with van der Waals surface area (Å²) in [4.78, 5) is 11.8. The molecule has 0 aliphatic rings. The van der Waals surface area contributed by atoms with Gasteiger partial charge in [-0.15, -0.1) is 0 Å². The van der Waals surface area contributed by atoms with Gasteiger partial charge in [0.15, 0.2) is 6.61 Å². The van der Waals surface area contributed by atoms with E-state index in [2.05, 4.69) is 10.0 Å². The van der Waals surface area contributed by atoms with E-state index < -0.39 is 34.2 Å². The molecule has 6 nitrogen and oxygen atoms in total. The Morgan fingerprint density at radius 3 is 2.19 bits per heavy atom. The van der Waals surface area contributed by atoms with Gasteiger partial charge in [0.1, 0.15) is 17.4 Å². The molecule has 0 aliphatic heterocycles. The number of carbonyl (C=O) groups excluding carboxylic acids is 1. The highest BCUT2D eigenvalue weighted by molar-refractivity contribution is 7.92. The van der Waals surface area contributed by atoms with E-state index in [4.69, 9.17) is 27.9 Å². The van der Waals surface area contributed by atoms with Crippen LogP contribution in [0.4, 0.5) is 20.2 Å². The van der Waals surface area contributed by atoms with E-state index in [9.17, 15) is 22.0 Å². The van der Waals surface area contributed by atoms with E-state index in [1.807, 2.05) is 0 Å². The van der Waals surface area contributed by atoms with Crippen LogP contribution < -0.4 is 14.8 Å². The van der Waals surface area contributed by atoms with E-state index >= 15 is 0 Å². The number of nitrogens with one attached hydrogen (secondary N) is 2. The molecule has 0 saturated heterocycles. The van der Waals surface area contributed by atoms with Crippen LogP contribution in [0, 0.1) is 11.6 Å². The summed E-state index contributed by atoms with van der Waals surface area (Å²) >= 11 is 11.7. The second-order valence-electron chi connectivity index (χ2n) is 6.20. The molecule has 0 unspecified atom stereocenters. The quantitative estimate of drug-likeness (QED) is 0.487. The van der Waals surface area contributed by atoms with Crippen molar-refractivity contribution in [3.63, 3.8) is 0 Å². The van der Waals surface area contributed by atoms with Crippen molar-refractivity contribution < 1.29 is 26.7 Å². The van der Waals surface area contributed by atoms with Crippen molar-refractivity contribution >= 4 is 50.5 Å². The SMILES string of the molecule is O=C(COc1ccc(S(=O)(=O)Nc2cc(Cl)cc(Cl)c2)cc1)Nc1ccc(F)cc1F. The van der Waals surface area contributed by atoms with Gasteiger partial charge in [-0.05, 0) is 54.6 Å². The number of hydrogen-bond acceptors (Lipinski definition) is 4. The maximum absolute atomic E-state index is 13.6. The molecule has 0 fully saturated rings. The third-order valence-corrected chi connectivity index (χ3v) is 5.66. The predicted octanol–water partition coefficient (Wildman–Crippen LogP) is 5.09. The lowest BCUT2D eigenvalue weighted by atomic mass is 10.3. The normalized spacial score (nSPS) is 11.1. The van der Waals surface area contributed by atoms with Gasteiger partial charge in [-0.25, -0.2) is 17.2 Å². The molecule has 162 valence electrons. The molecule has 0 saturated carbocycles. The fourth-order valence-electron chi connectivity index (χ4n) is 2.47. The third-order valence-electron chi connectivity index (χ3n) is 3.82. The van der Waals surface area contributed by atoms with Crippen LogP contribution in [0.2, 0.25) is 10.0 Å². The van der Waals surface area contributed by atoms with Crippen LogP contribution in [0.25, 0.3) is 0 Å². The van der Waals surface area contributed by atoms with E-state index in [0.29, 0.717) is 6.07 Å². The average molecular weight is 487 g/mol. The predicted molar refractivity (Wildman–Crippen MR) is 114 cm³/mol. The number of benzene rings is 3. The average Bonchev–Trinajstić information content (AvgIpc) is 2.68. The fraction of sp³-hybridized carbons (Fsp3) is 0.0500.